The van der Waals surface area contributed by atoms with Crippen LogP contribution in [-0.4, -0.2) is 44.4 Å². The van der Waals surface area contributed by atoms with Crippen LogP contribution in [0, 0.1) is 0 Å². The van der Waals surface area contributed by atoms with E-state index in [1.807, 2.05) is 47.4 Å². The highest BCUT2D eigenvalue weighted by molar-refractivity contribution is 7.99. The first-order chi connectivity index (χ1) is 14.7. The van der Waals surface area contributed by atoms with Gasteiger partial charge in [0.15, 0.2) is 11.0 Å². The van der Waals surface area contributed by atoms with Gasteiger partial charge in [0.1, 0.15) is 0 Å². The van der Waals surface area contributed by atoms with Crippen molar-refractivity contribution in [3.05, 3.63) is 65.2 Å². The Hall–Kier alpha value is -2.31. The Balaban J connectivity index is 1.57. The second kappa shape index (κ2) is 10.1. The van der Waals surface area contributed by atoms with Crippen LogP contribution in [0.2, 0.25) is 5.02 Å². The van der Waals surface area contributed by atoms with E-state index in [1.165, 1.54) is 24.6 Å². The van der Waals surface area contributed by atoms with Gasteiger partial charge in [-0.1, -0.05) is 78.7 Å². The molecule has 1 aromatic heterocycles. The van der Waals surface area contributed by atoms with Gasteiger partial charge in [0.05, 0.1) is 17.3 Å². The second-order valence-electron chi connectivity index (χ2n) is 7.44. The summed E-state index contributed by atoms with van der Waals surface area (Å²) in [5, 5.41) is 10.2. The Bertz CT molecular complexity index is 984. The smallest absolute Gasteiger partial charge is 0.233 e. The third-order valence-electron chi connectivity index (χ3n) is 5.30. The number of aromatic nitrogens is 3. The number of nitrogens with zero attached hydrogens (tertiary/aromatic N) is 4. The third kappa shape index (κ3) is 5.05. The Morgan fingerprint density at radius 3 is 2.37 bits per heavy atom. The first-order valence-electron chi connectivity index (χ1n) is 10.3. The number of thioether (sulfide) groups is 1. The summed E-state index contributed by atoms with van der Waals surface area (Å²) in [6, 6.07) is 17.8. The molecule has 30 heavy (non-hydrogen) atoms. The molecule has 1 amide bonds. The van der Waals surface area contributed by atoms with E-state index in [4.69, 9.17) is 11.6 Å². The molecule has 1 fully saturated rings. The number of carbonyl (C=O) groups is 1. The fraction of sp³-hybridized carbons (Fsp3) is 0.348. The molecule has 0 spiro atoms. The van der Waals surface area contributed by atoms with Crippen molar-refractivity contribution in [1.29, 1.82) is 0 Å². The maximum Gasteiger partial charge on any atom is 0.233 e. The Morgan fingerprint density at radius 1 is 0.933 bits per heavy atom. The summed E-state index contributed by atoms with van der Waals surface area (Å²) >= 11 is 7.89. The minimum absolute atomic E-state index is 0.176. The molecule has 0 bridgehead atoms. The lowest BCUT2D eigenvalue weighted by molar-refractivity contribution is -0.128. The molecule has 4 rings (SSSR count). The van der Waals surface area contributed by atoms with Gasteiger partial charge in [-0.3, -0.25) is 9.36 Å². The summed E-state index contributed by atoms with van der Waals surface area (Å²) in [6.07, 6.45) is 4.61. The average molecular weight is 441 g/mol. The Kier molecular flexibility index (Phi) is 7.07. The summed E-state index contributed by atoms with van der Waals surface area (Å²) < 4.78 is 2.05. The first kappa shape index (κ1) is 20.9. The minimum atomic E-state index is 0.176. The zero-order chi connectivity index (χ0) is 20.8. The zero-order valence-electron chi connectivity index (χ0n) is 16.8. The van der Waals surface area contributed by atoms with E-state index in [-0.39, 0.29) is 5.91 Å². The number of hydrogen-bond acceptors (Lipinski definition) is 4. The normalized spacial score (nSPS) is 14.5. The van der Waals surface area contributed by atoms with Crippen molar-refractivity contribution < 1.29 is 4.79 Å². The Labute approximate surface area is 186 Å². The van der Waals surface area contributed by atoms with Crippen molar-refractivity contribution in [1.82, 2.24) is 19.7 Å². The molecule has 3 aromatic rings. The van der Waals surface area contributed by atoms with Crippen LogP contribution in [-0.2, 0) is 11.3 Å². The molecule has 2 heterocycles. The molecular formula is C23H25ClN4OS. The fourth-order valence-corrected chi connectivity index (χ4v) is 4.74. The molecular weight excluding hydrogens is 416 g/mol. The largest absolute Gasteiger partial charge is 0.342 e. The van der Waals surface area contributed by atoms with Crippen molar-refractivity contribution >= 4 is 29.3 Å². The highest BCUT2D eigenvalue weighted by atomic mass is 35.5. The van der Waals surface area contributed by atoms with Crippen molar-refractivity contribution in [2.24, 2.45) is 0 Å². The van der Waals surface area contributed by atoms with Gasteiger partial charge in [0.25, 0.3) is 0 Å². The van der Waals surface area contributed by atoms with Crippen molar-refractivity contribution in [3.63, 3.8) is 0 Å². The summed E-state index contributed by atoms with van der Waals surface area (Å²) in [5.74, 6) is 1.26. The fourth-order valence-electron chi connectivity index (χ4n) is 3.68. The third-order valence-corrected chi connectivity index (χ3v) is 6.58. The summed E-state index contributed by atoms with van der Waals surface area (Å²) in [6.45, 7) is 2.34. The van der Waals surface area contributed by atoms with Crippen LogP contribution in [0.5, 0.6) is 0 Å². The lowest BCUT2D eigenvalue weighted by Gasteiger charge is -2.20. The predicted molar refractivity (Wildman–Crippen MR) is 122 cm³/mol. The lowest BCUT2D eigenvalue weighted by atomic mass is 10.2. The molecule has 156 valence electrons. The van der Waals surface area contributed by atoms with E-state index in [9.17, 15) is 4.79 Å². The maximum atomic E-state index is 12.8. The molecule has 7 heteroatoms. The summed E-state index contributed by atoms with van der Waals surface area (Å²) in [5.41, 5.74) is 1.99. The number of halogens is 1. The van der Waals surface area contributed by atoms with Gasteiger partial charge >= 0.3 is 0 Å². The van der Waals surface area contributed by atoms with E-state index < -0.39 is 0 Å². The van der Waals surface area contributed by atoms with Crippen LogP contribution >= 0.6 is 23.4 Å². The van der Waals surface area contributed by atoms with Gasteiger partial charge in [-0.25, -0.2) is 0 Å². The topological polar surface area (TPSA) is 51.0 Å². The van der Waals surface area contributed by atoms with Crippen LogP contribution < -0.4 is 0 Å². The zero-order valence-corrected chi connectivity index (χ0v) is 18.4. The molecule has 0 saturated carbocycles. The molecule has 1 aliphatic heterocycles. The number of hydrogen-bond donors (Lipinski definition) is 0. The Morgan fingerprint density at radius 2 is 1.63 bits per heavy atom. The highest BCUT2D eigenvalue weighted by Crippen LogP contribution is 2.30. The molecule has 5 nitrogen and oxygen atoms in total. The summed E-state index contributed by atoms with van der Waals surface area (Å²) in [4.78, 5) is 14.7. The SMILES string of the molecule is O=C(CSc1nnc(-c2ccccc2Cl)n1Cc1ccccc1)N1CCCCCC1. The molecule has 0 aliphatic carbocycles. The van der Waals surface area contributed by atoms with Gasteiger partial charge in [-0.15, -0.1) is 10.2 Å². The number of amides is 1. The number of benzene rings is 2. The monoisotopic (exact) mass is 440 g/mol. The van der Waals surface area contributed by atoms with Crippen molar-refractivity contribution in [3.8, 4) is 11.4 Å². The molecule has 0 N–H and O–H groups in total. The highest BCUT2D eigenvalue weighted by Gasteiger charge is 2.20. The van der Waals surface area contributed by atoms with Crippen molar-refractivity contribution in [2.45, 2.75) is 37.4 Å². The first-order valence-corrected chi connectivity index (χ1v) is 11.7. The quantitative estimate of drug-likeness (QED) is 0.498. The number of carbonyl (C=O) groups excluding carboxylic acids is 1. The average Bonchev–Trinajstić information content (AvgIpc) is 2.97. The van der Waals surface area contributed by atoms with E-state index >= 15 is 0 Å². The molecule has 2 aromatic carbocycles. The molecule has 0 atom stereocenters. The standard InChI is InChI=1S/C23H25ClN4OS/c24-20-13-7-6-12-19(20)22-25-26-23(28(22)16-18-10-4-3-5-11-18)30-17-21(29)27-14-8-1-2-9-15-27/h3-7,10-13H,1-2,8-9,14-17H2. The predicted octanol–water partition coefficient (Wildman–Crippen LogP) is 5.14. The van der Waals surface area contributed by atoms with Gasteiger partial charge in [-0.05, 0) is 30.5 Å². The van der Waals surface area contributed by atoms with Gasteiger partial charge in [0.2, 0.25) is 5.91 Å². The number of rotatable bonds is 6. The van der Waals surface area contributed by atoms with Gasteiger partial charge in [-0.2, -0.15) is 0 Å². The van der Waals surface area contributed by atoms with E-state index in [2.05, 4.69) is 26.9 Å². The minimum Gasteiger partial charge on any atom is -0.342 e. The van der Waals surface area contributed by atoms with E-state index in [0.29, 0.717) is 23.1 Å². The van der Waals surface area contributed by atoms with Gasteiger partial charge < -0.3 is 4.90 Å². The van der Waals surface area contributed by atoms with Crippen LogP contribution in [0.25, 0.3) is 11.4 Å². The van der Waals surface area contributed by atoms with Crippen LogP contribution in [0.1, 0.15) is 31.2 Å². The maximum absolute atomic E-state index is 12.8. The lowest BCUT2D eigenvalue weighted by Crippen LogP contribution is -2.33. The van der Waals surface area contributed by atoms with Crippen molar-refractivity contribution in [2.75, 3.05) is 18.8 Å². The second-order valence-corrected chi connectivity index (χ2v) is 8.79. The summed E-state index contributed by atoms with van der Waals surface area (Å²) in [7, 11) is 0. The van der Waals surface area contributed by atoms with Crippen LogP contribution in [0.3, 0.4) is 0 Å². The molecule has 0 unspecified atom stereocenters. The molecule has 1 saturated heterocycles. The van der Waals surface area contributed by atoms with E-state index in [0.717, 1.165) is 42.2 Å². The molecule has 1 aliphatic rings. The van der Waals surface area contributed by atoms with Crippen LogP contribution in [0.4, 0.5) is 0 Å². The van der Waals surface area contributed by atoms with Crippen LogP contribution in [0.15, 0.2) is 59.8 Å². The molecule has 0 radical (unpaired) electrons. The van der Waals surface area contributed by atoms with Gasteiger partial charge in [0, 0.05) is 18.7 Å². The number of likely N-dealkylation sites (tertiary alicyclic amines) is 1. The van der Waals surface area contributed by atoms with E-state index in [1.54, 1.807) is 0 Å².